The Morgan fingerprint density at radius 2 is 1.83 bits per heavy atom. The van der Waals surface area contributed by atoms with Gasteiger partial charge in [-0.05, 0) is 64.3 Å². The molecular weight excluding hydrogens is 276 g/mol. The molecule has 3 atom stereocenters. The molecule has 23 heavy (non-hydrogen) atoms. The maximum Gasteiger partial charge on any atom is -0.00137 e. The van der Waals surface area contributed by atoms with Crippen molar-refractivity contribution in [3.05, 3.63) is 82.9 Å². The highest BCUT2D eigenvalue weighted by molar-refractivity contribution is 5.88. The van der Waals surface area contributed by atoms with Crippen molar-refractivity contribution in [3.8, 4) is 0 Å². The third-order valence-electron chi connectivity index (χ3n) is 6.24. The van der Waals surface area contributed by atoms with Crippen LogP contribution in [0.2, 0.25) is 0 Å². The molecule has 2 aromatic carbocycles. The molecule has 3 aliphatic rings. The van der Waals surface area contributed by atoms with Gasteiger partial charge in [-0.1, -0.05) is 73.7 Å². The monoisotopic (exact) mass is 298 g/mol. The second-order valence-electron chi connectivity index (χ2n) is 7.78. The zero-order valence-electron chi connectivity index (χ0n) is 13.6. The van der Waals surface area contributed by atoms with Gasteiger partial charge in [-0.15, -0.1) is 0 Å². The van der Waals surface area contributed by atoms with E-state index in [1.165, 1.54) is 40.7 Å². The lowest BCUT2D eigenvalue weighted by Crippen LogP contribution is -2.16. The van der Waals surface area contributed by atoms with Crippen LogP contribution in [0.5, 0.6) is 0 Å². The molecule has 2 aromatic rings. The number of rotatable bonds is 2. The van der Waals surface area contributed by atoms with Crippen LogP contribution in [-0.2, 0) is 6.42 Å². The zero-order chi connectivity index (χ0) is 15.4. The summed E-state index contributed by atoms with van der Waals surface area (Å²) in [5.74, 6) is 1.53. The molecule has 0 saturated heterocycles. The number of benzene rings is 2. The standard InChI is InChI=1S/C23H22/c1-23-11-10-16(15-23)12-22(23)18-8-6-17(7-9-18)21-13-19-4-2-3-5-20(19)14-21/h2-11,13,16,22H,12,14-15H2,1H3. The third kappa shape index (κ3) is 2.05. The number of hydrogen-bond donors (Lipinski definition) is 0. The van der Waals surface area contributed by atoms with Crippen LogP contribution >= 0.6 is 0 Å². The Morgan fingerprint density at radius 1 is 1.00 bits per heavy atom. The Bertz CT molecular complexity index is 821. The first-order valence-electron chi connectivity index (χ1n) is 8.79. The molecule has 0 nitrogen and oxygen atoms in total. The van der Waals surface area contributed by atoms with Crippen molar-refractivity contribution in [2.24, 2.45) is 11.3 Å². The average Bonchev–Trinajstić information content (AvgIpc) is 3.25. The van der Waals surface area contributed by atoms with Crippen LogP contribution in [0.4, 0.5) is 0 Å². The molecular formula is C23H22. The van der Waals surface area contributed by atoms with E-state index in [2.05, 4.69) is 73.7 Å². The Morgan fingerprint density at radius 3 is 2.52 bits per heavy atom. The highest BCUT2D eigenvalue weighted by Crippen LogP contribution is 2.57. The summed E-state index contributed by atoms with van der Waals surface area (Å²) in [4.78, 5) is 0. The van der Waals surface area contributed by atoms with Gasteiger partial charge in [0.15, 0.2) is 0 Å². The summed E-state index contributed by atoms with van der Waals surface area (Å²) in [7, 11) is 0. The van der Waals surface area contributed by atoms with E-state index in [1.807, 2.05) is 0 Å². The van der Waals surface area contributed by atoms with Crippen LogP contribution < -0.4 is 0 Å². The smallest absolute Gasteiger partial charge is 0.00137 e. The maximum absolute atomic E-state index is 2.47. The second kappa shape index (κ2) is 4.71. The first-order valence-corrected chi connectivity index (χ1v) is 8.79. The molecule has 0 aliphatic heterocycles. The van der Waals surface area contributed by atoms with Crippen molar-refractivity contribution in [1.82, 2.24) is 0 Å². The van der Waals surface area contributed by atoms with Gasteiger partial charge in [-0.25, -0.2) is 0 Å². The average molecular weight is 298 g/mol. The number of allylic oxidation sites excluding steroid dienone is 3. The van der Waals surface area contributed by atoms with E-state index in [1.54, 1.807) is 0 Å². The molecule has 1 saturated carbocycles. The van der Waals surface area contributed by atoms with E-state index < -0.39 is 0 Å². The first-order chi connectivity index (χ1) is 11.2. The van der Waals surface area contributed by atoms with Gasteiger partial charge in [-0.3, -0.25) is 0 Å². The van der Waals surface area contributed by atoms with E-state index in [0.29, 0.717) is 11.3 Å². The second-order valence-corrected chi connectivity index (χ2v) is 7.78. The van der Waals surface area contributed by atoms with Crippen LogP contribution in [0.25, 0.3) is 11.6 Å². The van der Waals surface area contributed by atoms with Crippen molar-refractivity contribution in [2.45, 2.75) is 32.1 Å². The molecule has 0 N–H and O–H groups in total. The van der Waals surface area contributed by atoms with Gasteiger partial charge in [-0.2, -0.15) is 0 Å². The zero-order valence-corrected chi connectivity index (χ0v) is 13.6. The molecule has 3 unspecified atom stereocenters. The van der Waals surface area contributed by atoms with E-state index in [0.717, 1.165) is 12.3 Å². The molecule has 0 amide bonds. The molecule has 114 valence electrons. The van der Waals surface area contributed by atoms with Crippen LogP contribution in [0, 0.1) is 11.3 Å². The topological polar surface area (TPSA) is 0 Å². The summed E-state index contributed by atoms with van der Waals surface area (Å²) in [5, 5.41) is 0. The van der Waals surface area contributed by atoms with E-state index in [-0.39, 0.29) is 0 Å². The van der Waals surface area contributed by atoms with Crippen LogP contribution in [-0.4, -0.2) is 0 Å². The molecule has 0 heteroatoms. The third-order valence-corrected chi connectivity index (χ3v) is 6.24. The molecule has 0 heterocycles. The number of hydrogen-bond acceptors (Lipinski definition) is 0. The fraction of sp³-hybridized carbons (Fsp3) is 0.304. The lowest BCUT2D eigenvalue weighted by Gasteiger charge is -2.28. The summed E-state index contributed by atoms with van der Waals surface area (Å²) in [6.07, 6.45) is 11.0. The Hall–Kier alpha value is -2.08. The van der Waals surface area contributed by atoms with Gasteiger partial charge in [0, 0.05) is 0 Å². The highest BCUT2D eigenvalue weighted by atomic mass is 14.5. The normalized spacial score (nSPS) is 30.6. The number of fused-ring (bicyclic) bond motifs is 3. The Balaban J connectivity index is 1.42. The van der Waals surface area contributed by atoms with Crippen molar-refractivity contribution in [3.63, 3.8) is 0 Å². The minimum atomic E-state index is 0.398. The first kappa shape index (κ1) is 13.4. The van der Waals surface area contributed by atoms with Crippen LogP contribution in [0.15, 0.2) is 60.7 Å². The van der Waals surface area contributed by atoms with Crippen molar-refractivity contribution < 1.29 is 0 Å². The molecule has 0 radical (unpaired) electrons. The SMILES string of the molecule is CC12C=CC(CC1c1ccc(C3=Cc4ccccc4C3)cc1)C2. The van der Waals surface area contributed by atoms with Crippen LogP contribution in [0.3, 0.4) is 0 Å². The quantitative estimate of drug-likeness (QED) is 0.610. The van der Waals surface area contributed by atoms with Crippen LogP contribution in [0.1, 0.15) is 47.9 Å². The van der Waals surface area contributed by atoms with Gasteiger partial charge in [0.05, 0.1) is 0 Å². The van der Waals surface area contributed by atoms with Crippen molar-refractivity contribution in [1.29, 1.82) is 0 Å². The van der Waals surface area contributed by atoms with Gasteiger partial charge < -0.3 is 0 Å². The van der Waals surface area contributed by atoms with Gasteiger partial charge in [0.1, 0.15) is 0 Å². The van der Waals surface area contributed by atoms with E-state index >= 15 is 0 Å². The lowest BCUT2D eigenvalue weighted by atomic mass is 9.75. The van der Waals surface area contributed by atoms with Gasteiger partial charge in [0.2, 0.25) is 0 Å². The van der Waals surface area contributed by atoms with Gasteiger partial charge in [0.25, 0.3) is 0 Å². The predicted molar refractivity (Wildman–Crippen MR) is 97.2 cm³/mol. The molecule has 0 aromatic heterocycles. The molecule has 0 spiro atoms. The molecule has 1 fully saturated rings. The van der Waals surface area contributed by atoms with Crippen molar-refractivity contribution in [2.75, 3.05) is 0 Å². The predicted octanol–water partition coefficient (Wildman–Crippen LogP) is 5.85. The molecule has 3 aliphatic carbocycles. The minimum absolute atomic E-state index is 0.398. The Labute approximate surface area is 138 Å². The summed E-state index contributed by atoms with van der Waals surface area (Å²) < 4.78 is 0. The van der Waals surface area contributed by atoms with Gasteiger partial charge >= 0.3 is 0 Å². The maximum atomic E-state index is 2.47. The lowest BCUT2D eigenvalue weighted by molar-refractivity contribution is 0.395. The summed E-state index contributed by atoms with van der Waals surface area (Å²) in [5.41, 5.74) is 7.61. The fourth-order valence-electron chi connectivity index (χ4n) is 4.96. The minimum Gasteiger partial charge on any atom is -0.0848 e. The summed E-state index contributed by atoms with van der Waals surface area (Å²) in [6.45, 7) is 2.44. The Kier molecular flexibility index (Phi) is 2.74. The highest BCUT2D eigenvalue weighted by Gasteiger charge is 2.45. The molecule has 2 bridgehead atoms. The van der Waals surface area contributed by atoms with E-state index in [4.69, 9.17) is 0 Å². The van der Waals surface area contributed by atoms with E-state index in [9.17, 15) is 0 Å². The van der Waals surface area contributed by atoms with Crippen molar-refractivity contribution >= 4 is 11.6 Å². The largest absolute Gasteiger partial charge is 0.0848 e. The summed E-state index contributed by atoms with van der Waals surface area (Å²) >= 11 is 0. The summed E-state index contributed by atoms with van der Waals surface area (Å²) in [6, 6.07) is 18.2. The fourth-order valence-corrected chi connectivity index (χ4v) is 4.96. The molecule has 5 rings (SSSR count).